The van der Waals surface area contributed by atoms with Crippen molar-refractivity contribution < 1.29 is 14.3 Å². The third kappa shape index (κ3) is 3.44. The Hall–Kier alpha value is -5.02. The molecule has 0 radical (unpaired) electrons. The van der Waals surface area contributed by atoms with E-state index in [1.54, 1.807) is 0 Å². The molecule has 1 aliphatic rings. The highest BCUT2D eigenvalue weighted by Crippen LogP contribution is 2.36. The van der Waals surface area contributed by atoms with Crippen LogP contribution in [0.3, 0.4) is 0 Å². The van der Waals surface area contributed by atoms with Gasteiger partial charge in [0, 0.05) is 0 Å². The number of fused-ring (bicyclic) bond motifs is 4. The molecule has 1 saturated heterocycles. The Morgan fingerprint density at radius 2 is 0.730 bits per heavy atom. The van der Waals surface area contributed by atoms with Crippen LogP contribution >= 0.6 is 0 Å². The molecule has 0 unspecified atom stereocenters. The summed E-state index contributed by atoms with van der Waals surface area (Å²) in [4.78, 5) is 26.1. The molecule has 174 valence electrons. The lowest BCUT2D eigenvalue weighted by atomic mass is 9.92. The third-order valence-corrected chi connectivity index (χ3v) is 7.12. The first kappa shape index (κ1) is 21.3. The van der Waals surface area contributed by atoms with E-state index >= 15 is 0 Å². The molecule has 1 aliphatic heterocycles. The van der Waals surface area contributed by atoms with Gasteiger partial charge in [-0.25, -0.2) is 9.59 Å². The number of benzene rings is 6. The molecule has 3 nitrogen and oxygen atoms in total. The SMILES string of the molecule is O=C1OC(=O)C(=C/c2c3ccccc3cc3ccccc23)/C1=C\c1c2ccccc2cc2ccccc12. The number of rotatable bonds is 2. The molecule has 7 rings (SSSR count). The maximum atomic E-state index is 13.0. The van der Waals surface area contributed by atoms with Crippen LogP contribution in [-0.2, 0) is 14.3 Å². The van der Waals surface area contributed by atoms with Gasteiger partial charge in [-0.05, 0) is 78.5 Å². The molecule has 3 heteroatoms. The molecule has 0 saturated carbocycles. The summed E-state index contributed by atoms with van der Waals surface area (Å²) in [6.45, 7) is 0. The van der Waals surface area contributed by atoms with Crippen molar-refractivity contribution in [2.45, 2.75) is 0 Å². The number of ether oxygens (including phenoxy) is 1. The van der Waals surface area contributed by atoms with Crippen LogP contribution in [-0.4, -0.2) is 11.9 Å². The van der Waals surface area contributed by atoms with Gasteiger partial charge in [-0.2, -0.15) is 0 Å². The van der Waals surface area contributed by atoms with Crippen LogP contribution in [0.5, 0.6) is 0 Å². The van der Waals surface area contributed by atoms with Gasteiger partial charge in [-0.15, -0.1) is 0 Å². The van der Waals surface area contributed by atoms with E-state index < -0.39 is 11.9 Å². The van der Waals surface area contributed by atoms with Crippen LogP contribution in [0.15, 0.2) is 120 Å². The van der Waals surface area contributed by atoms with E-state index in [0.29, 0.717) is 0 Å². The lowest BCUT2D eigenvalue weighted by molar-refractivity contribution is -0.149. The Morgan fingerprint density at radius 1 is 0.432 bits per heavy atom. The van der Waals surface area contributed by atoms with Crippen molar-refractivity contribution in [3.05, 3.63) is 131 Å². The van der Waals surface area contributed by atoms with Gasteiger partial charge in [0.25, 0.3) is 0 Å². The van der Waals surface area contributed by atoms with Crippen LogP contribution in [0, 0.1) is 0 Å². The van der Waals surface area contributed by atoms with Crippen molar-refractivity contribution >= 4 is 67.2 Å². The molecule has 6 aromatic rings. The van der Waals surface area contributed by atoms with Crippen molar-refractivity contribution in [1.29, 1.82) is 0 Å². The minimum absolute atomic E-state index is 0.267. The average molecular weight is 477 g/mol. The van der Waals surface area contributed by atoms with Gasteiger partial charge in [-0.3, -0.25) is 0 Å². The normalized spacial score (nSPS) is 16.0. The van der Waals surface area contributed by atoms with Crippen molar-refractivity contribution in [2.75, 3.05) is 0 Å². The van der Waals surface area contributed by atoms with Crippen molar-refractivity contribution in [3.8, 4) is 0 Å². The third-order valence-electron chi connectivity index (χ3n) is 7.12. The summed E-state index contributed by atoms with van der Waals surface area (Å²) in [6, 6.07) is 36.6. The van der Waals surface area contributed by atoms with E-state index in [-0.39, 0.29) is 11.1 Å². The van der Waals surface area contributed by atoms with Crippen molar-refractivity contribution in [3.63, 3.8) is 0 Å². The van der Waals surface area contributed by atoms with E-state index in [9.17, 15) is 9.59 Å². The summed E-state index contributed by atoms with van der Waals surface area (Å²) in [6.07, 6.45) is 3.63. The molecule has 0 aliphatic carbocycles. The summed E-state index contributed by atoms with van der Waals surface area (Å²) >= 11 is 0. The predicted octanol–water partition coefficient (Wildman–Crippen LogP) is 7.85. The Labute approximate surface area is 212 Å². The second-order valence-corrected chi connectivity index (χ2v) is 9.26. The standard InChI is InChI=1S/C34H20O3/c35-33-31(19-29-25-13-5-1-9-21(25)17-22-10-2-6-14-26(22)29)32(34(36)37-33)20-30-27-15-7-3-11-23(27)18-24-12-4-8-16-28(24)30/h1-20H/b31-19+,32-20+. The van der Waals surface area contributed by atoms with Crippen LogP contribution in [0.1, 0.15) is 11.1 Å². The Bertz CT molecular complexity index is 1740. The average Bonchev–Trinajstić information content (AvgIpc) is 3.19. The zero-order valence-electron chi connectivity index (χ0n) is 19.8. The number of esters is 2. The molecular formula is C34H20O3. The van der Waals surface area contributed by atoms with Gasteiger partial charge in [0.2, 0.25) is 0 Å². The Morgan fingerprint density at radius 3 is 1.05 bits per heavy atom. The summed E-state index contributed by atoms with van der Waals surface area (Å²) in [5, 5.41) is 8.30. The van der Waals surface area contributed by atoms with E-state index in [4.69, 9.17) is 4.74 Å². The van der Waals surface area contributed by atoms with Crippen LogP contribution in [0.2, 0.25) is 0 Å². The fourth-order valence-corrected chi connectivity index (χ4v) is 5.38. The molecule has 6 aromatic carbocycles. The number of carbonyl (C=O) groups excluding carboxylic acids is 2. The number of cyclic esters (lactones) is 2. The minimum atomic E-state index is -0.627. The quantitative estimate of drug-likeness (QED) is 0.111. The number of hydrogen-bond acceptors (Lipinski definition) is 3. The second kappa shape index (κ2) is 8.28. The summed E-state index contributed by atoms with van der Waals surface area (Å²) in [5.74, 6) is -1.25. The number of hydrogen-bond donors (Lipinski definition) is 0. The van der Waals surface area contributed by atoms with Gasteiger partial charge < -0.3 is 4.74 Å². The van der Waals surface area contributed by atoms with Crippen LogP contribution in [0.25, 0.3) is 55.2 Å². The van der Waals surface area contributed by atoms with Gasteiger partial charge in [-0.1, -0.05) is 97.1 Å². The number of carbonyl (C=O) groups is 2. The monoisotopic (exact) mass is 476 g/mol. The first-order valence-corrected chi connectivity index (χ1v) is 12.2. The highest BCUT2D eigenvalue weighted by molar-refractivity contribution is 6.25. The van der Waals surface area contributed by atoms with E-state index in [1.165, 1.54) is 0 Å². The van der Waals surface area contributed by atoms with E-state index in [1.807, 2.05) is 84.9 Å². The van der Waals surface area contributed by atoms with E-state index in [2.05, 4.69) is 36.4 Å². The molecule has 0 bridgehead atoms. The highest BCUT2D eigenvalue weighted by Gasteiger charge is 2.34. The summed E-state index contributed by atoms with van der Waals surface area (Å²) in [5.41, 5.74) is 2.32. The summed E-state index contributed by atoms with van der Waals surface area (Å²) < 4.78 is 5.16. The molecule has 37 heavy (non-hydrogen) atoms. The first-order valence-electron chi connectivity index (χ1n) is 12.2. The van der Waals surface area contributed by atoms with Gasteiger partial charge in [0.05, 0.1) is 11.1 Å². The zero-order chi connectivity index (χ0) is 24.9. The lowest BCUT2D eigenvalue weighted by Crippen LogP contribution is -1.97. The molecule has 0 N–H and O–H groups in total. The van der Waals surface area contributed by atoms with Gasteiger partial charge >= 0.3 is 11.9 Å². The van der Waals surface area contributed by atoms with Crippen LogP contribution in [0.4, 0.5) is 0 Å². The Kier molecular flexibility index (Phi) is 4.76. The molecule has 0 aromatic heterocycles. The first-order chi connectivity index (χ1) is 18.2. The largest absolute Gasteiger partial charge is 0.386 e. The topological polar surface area (TPSA) is 43.4 Å². The Balaban J connectivity index is 1.53. The molecule has 0 atom stereocenters. The maximum absolute atomic E-state index is 13.0. The van der Waals surface area contributed by atoms with Gasteiger partial charge in [0.15, 0.2) is 0 Å². The summed E-state index contributed by atoms with van der Waals surface area (Å²) in [7, 11) is 0. The van der Waals surface area contributed by atoms with Crippen LogP contribution < -0.4 is 0 Å². The second-order valence-electron chi connectivity index (χ2n) is 9.26. The van der Waals surface area contributed by atoms with Crippen molar-refractivity contribution in [1.82, 2.24) is 0 Å². The van der Waals surface area contributed by atoms with Gasteiger partial charge in [0.1, 0.15) is 0 Å². The fraction of sp³-hybridized carbons (Fsp3) is 0. The zero-order valence-corrected chi connectivity index (χ0v) is 19.8. The molecule has 1 fully saturated rings. The smallest absolute Gasteiger partial charge is 0.346 e. The molecule has 1 heterocycles. The van der Waals surface area contributed by atoms with E-state index in [0.717, 1.165) is 54.2 Å². The van der Waals surface area contributed by atoms with Crippen molar-refractivity contribution in [2.24, 2.45) is 0 Å². The highest BCUT2D eigenvalue weighted by atomic mass is 16.6. The lowest BCUT2D eigenvalue weighted by Gasteiger charge is -2.10. The molecule has 0 spiro atoms. The molecular weight excluding hydrogens is 456 g/mol. The maximum Gasteiger partial charge on any atom is 0.346 e. The molecule has 0 amide bonds. The fourth-order valence-electron chi connectivity index (χ4n) is 5.38. The minimum Gasteiger partial charge on any atom is -0.386 e. The predicted molar refractivity (Wildman–Crippen MR) is 150 cm³/mol.